The summed E-state index contributed by atoms with van der Waals surface area (Å²) in [5.74, 6) is -0.875. The van der Waals surface area contributed by atoms with E-state index in [9.17, 15) is 20.4 Å². The zero-order chi connectivity index (χ0) is 33.6. The van der Waals surface area contributed by atoms with Gasteiger partial charge in [-0.25, -0.2) is 10.0 Å². The molecule has 0 amide bonds. The van der Waals surface area contributed by atoms with E-state index in [0.29, 0.717) is 0 Å². The van der Waals surface area contributed by atoms with Crippen LogP contribution >= 0.6 is 0 Å². The molecule has 47 heavy (non-hydrogen) atoms. The predicted octanol–water partition coefficient (Wildman–Crippen LogP) is 4.32. The van der Waals surface area contributed by atoms with Gasteiger partial charge < -0.3 is 30.6 Å². The van der Waals surface area contributed by atoms with Crippen molar-refractivity contribution in [1.82, 2.24) is 0 Å². The molecule has 6 unspecified atom stereocenters. The van der Waals surface area contributed by atoms with Gasteiger partial charge >= 0.3 is 0 Å². The minimum absolute atomic E-state index is 0. The van der Waals surface area contributed by atoms with Gasteiger partial charge in [0.05, 0.1) is 35.4 Å². The minimum Gasteiger partial charge on any atom is -0.400 e. The number of aliphatic hydroxyl groups is 6. The van der Waals surface area contributed by atoms with Gasteiger partial charge in [-0.15, -0.1) is 0 Å². The fourth-order valence-corrected chi connectivity index (χ4v) is 5.41. The van der Waals surface area contributed by atoms with Gasteiger partial charge in [-0.3, -0.25) is 0 Å². The maximum atomic E-state index is 10.6. The first-order valence-corrected chi connectivity index (χ1v) is 14.9. The molecule has 6 rings (SSSR count). The predicted molar refractivity (Wildman–Crippen MR) is 182 cm³/mol. The van der Waals surface area contributed by atoms with Crippen molar-refractivity contribution in [3.8, 4) is 0 Å². The normalized spacial score (nSPS) is 20.8. The van der Waals surface area contributed by atoms with Crippen molar-refractivity contribution in [2.45, 2.75) is 38.5 Å². The molecule has 255 valence electrons. The first-order valence-electron chi connectivity index (χ1n) is 14.9. The summed E-state index contributed by atoms with van der Waals surface area (Å²) >= 11 is 0. The number of hydrogen-bond donors (Lipinski definition) is 6. The van der Waals surface area contributed by atoms with E-state index in [4.69, 9.17) is 10.2 Å². The summed E-state index contributed by atoms with van der Waals surface area (Å²) in [7, 11) is 2.00. The summed E-state index contributed by atoms with van der Waals surface area (Å²) in [6.07, 6.45) is -3.30. The second-order valence-electron chi connectivity index (χ2n) is 10.4. The number of aliphatic hydroxyl groups excluding tert-OH is 6. The maximum absolute atomic E-state index is 10.6. The van der Waals surface area contributed by atoms with Crippen LogP contribution in [0.3, 0.4) is 0 Å². The Morgan fingerprint density at radius 1 is 0.489 bits per heavy atom. The molecular formula is C36H44CuN4O6. The van der Waals surface area contributed by atoms with Crippen LogP contribution in [0.5, 0.6) is 0 Å². The second-order valence-corrected chi connectivity index (χ2v) is 10.4. The molecule has 0 fully saturated rings. The number of anilines is 2. The molecular weight excluding hydrogens is 648 g/mol. The number of nitrogens with zero attached hydrogens (tertiary/aromatic N) is 4. The van der Waals surface area contributed by atoms with Crippen LogP contribution in [-0.2, 0) is 17.1 Å². The molecule has 10 nitrogen and oxygen atoms in total. The van der Waals surface area contributed by atoms with Crippen LogP contribution in [0, 0.1) is 11.8 Å². The zero-order valence-corrected chi connectivity index (χ0v) is 27.7. The van der Waals surface area contributed by atoms with Gasteiger partial charge in [-0.2, -0.15) is 10.2 Å². The second kappa shape index (κ2) is 19.7. The molecule has 2 aliphatic rings. The van der Waals surface area contributed by atoms with E-state index in [-0.39, 0.29) is 17.1 Å². The molecule has 0 spiro atoms. The summed E-state index contributed by atoms with van der Waals surface area (Å²) < 4.78 is 0. The van der Waals surface area contributed by atoms with Gasteiger partial charge in [0.25, 0.3) is 0 Å². The van der Waals surface area contributed by atoms with Crippen LogP contribution in [0.4, 0.5) is 11.4 Å². The van der Waals surface area contributed by atoms with Crippen LogP contribution in [-0.4, -0.2) is 68.7 Å². The van der Waals surface area contributed by atoms with E-state index < -0.39 is 36.5 Å². The fourth-order valence-electron chi connectivity index (χ4n) is 5.41. The van der Waals surface area contributed by atoms with Crippen LogP contribution < -0.4 is 10.0 Å². The van der Waals surface area contributed by atoms with Gasteiger partial charge in [-0.05, 0) is 49.2 Å². The van der Waals surface area contributed by atoms with Crippen LogP contribution in [0.15, 0.2) is 132 Å². The molecule has 0 aromatic heterocycles. The van der Waals surface area contributed by atoms with Crippen molar-refractivity contribution in [3.63, 3.8) is 0 Å². The summed E-state index contributed by atoms with van der Waals surface area (Å²) in [4.78, 5) is 0. The Kier molecular flexibility index (Phi) is 16.5. The molecule has 4 aromatic carbocycles. The van der Waals surface area contributed by atoms with E-state index in [0.717, 1.165) is 48.1 Å². The molecule has 0 bridgehead atoms. The van der Waals surface area contributed by atoms with Crippen molar-refractivity contribution in [1.29, 1.82) is 0 Å². The van der Waals surface area contributed by atoms with Crippen molar-refractivity contribution in [2.24, 2.45) is 22.0 Å². The van der Waals surface area contributed by atoms with Gasteiger partial charge in [0.2, 0.25) is 0 Å². The van der Waals surface area contributed by atoms with E-state index >= 15 is 0 Å². The standard InChI is InChI=1S/2C17H18N2O2.2CH4O.Cu/c2*1-12-15(16(20)13-8-4-2-5-9-13)17(21)19(18-12)14-10-6-3-7-11-14;2*1-2;/h2*2-11,15-17,20-21H,1H3;2*2H,1H3;. The smallest absolute Gasteiger partial charge is 0.158 e. The van der Waals surface area contributed by atoms with Gasteiger partial charge in [0.15, 0.2) is 12.5 Å². The van der Waals surface area contributed by atoms with Gasteiger partial charge in [0.1, 0.15) is 0 Å². The largest absolute Gasteiger partial charge is 0.400 e. The molecule has 1 radical (unpaired) electrons. The summed E-state index contributed by atoms with van der Waals surface area (Å²) in [5, 5.41) is 68.2. The van der Waals surface area contributed by atoms with Crippen LogP contribution in [0.1, 0.15) is 37.2 Å². The van der Waals surface area contributed by atoms with E-state index in [2.05, 4.69) is 10.2 Å². The molecule has 6 N–H and O–H groups in total. The number of para-hydroxylation sites is 2. The quantitative estimate of drug-likeness (QED) is 0.164. The number of benzene rings is 4. The van der Waals surface area contributed by atoms with Gasteiger partial charge in [-0.1, -0.05) is 97.1 Å². The first kappa shape index (κ1) is 39.3. The number of hydrogen-bond acceptors (Lipinski definition) is 10. The molecule has 0 aliphatic carbocycles. The average molecular weight is 692 g/mol. The number of rotatable bonds is 6. The van der Waals surface area contributed by atoms with E-state index in [1.165, 1.54) is 0 Å². The molecule has 11 heteroatoms. The third-order valence-electron chi connectivity index (χ3n) is 7.64. The van der Waals surface area contributed by atoms with E-state index in [1.54, 1.807) is 10.0 Å². The van der Waals surface area contributed by atoms with Crippen molar-refractivity contribution < 1.29 is 47.7 Å². The molecule has 4 aromatic rings. The molecule has 6 atom stereocenters. The number of hydrazone groups is 2. The van der Waals surface area contributed by atoms with Gasteiger partial charge in [0, 0.05) is 42.7 Å². The Morgan fingerprint density at radius 3 is 1.02 bits per heavy atom. The SMILES string of the molecule is CC1=NN(c2ccccc2)C(O)C1C(O)c1ccccc1.CC1=NN(c2ccccc2)C(O)C1C(O)c1ccccc1.CO.CO.[Cu]. The fraction of sp³-hybridized carbons (Fsp3) is 0.278. The van der Waals surface area contributed by atoms with Crippen molar-refractivity contribution >= 4 is 22.8 Å². The Hall–Kier alpha value is -3.90. The molecule has 0 saturated heterocycles. The summed E-state index contributed by atoms with van der Waals surface area (Å²) in [6, 6.07) is 37.7. The topological polar surface area (TPSA) is 153 Å². The van der Waals surface area contributed by atoms with Crippen molar-refractivity contribution in [2.75, 3.05) is 24.2 Å². The summed E-state index contributed by atoms with van der Waals surface area (Å²) in [5.41, 5.74) is 4.64. The van der Waals surface area contributed by atoms with Crippen molar-refractivity contribution in [3.05, 3.63) is 132 Å². The monoisotopic (exact) mass is 691 g/mol. The molecule has 2 heterocycles. The average Bonchev–Trinajstić information content (AvgIpc) is 3.60. The Morgan fingerprint density at radius 2 is 0.745 bits per heavy atom. The van der Waals surface area contributed by atoms with E-state index in [1.807, 2.05) is 135 Å². The Bertz CT molecular complexity index is 1380. The third kappa shape index (κ3) is 9.57. The first-order chi connectivity index (χ1) is 22.4. The third-order valence-corrected chi connectivity index (χ3v) is 7.64. The Labute approximate surface area is 287 Å². The zero-order valence-electron chi connectivity index (χ0n) is 26.8. The van der Waals surface area contributed by atoms with Crippen LogP contribution in [0.2, 0.25) is 0 Å². The molecule has 2 aliphatic heterocycles. The maximum Gasteiger partial charge on any atom is 0.158 e. The Balaban J connectivity index is 0.000000290. The van der Waals surface area contributed by atoms with Crippen LogP contribution in [0.25, 0.3) is 0 Å². The summed E-state index contributed by atoms with van der Waals surface area (Å²) in [6.45, 7) is 3.67. The minimum atomic E-state index is -0.873. The molecule has 0 saturated carbocycles.